The number of hydrogen-bond acceptors (Lipinski definition) is 0. The van der Waals surface area contributed by atoms with Crippen molar-refractivity contribution in [3.05, 3.63) is 205 Å². The van der Waals surface area contributed by atoms with E-state index in [0.717, 1.165) is 0 Å². The summed E-state index contributed by atoms with van der Waals surface area (Å²) in [5, 5.41) is -6.99. The molecule has 0 nitrogen and oxygen atoms in total. The van der Waals surface area contributed by atoms with Gasteiger partial charge < -0.3 is 0 Å². The Labute approximate surface area is 351 Å². The molecule has 0 heterocycles. The van der Waals surface area contributed by atoms with Crippen LogP contribution in [-0.4, -0.2) is 0 Å². The maximum Gasteiger partial charge on any atom is 0.0636 e. The van der Waals surface area contributed by atoms with Crippen molar-refractivity contribution in [1.82, 2.24) is 0 Å². The second-order valence-corrected chi connectivity index (χ2v) is 11.0. The van der Waals surface area contributed by atoms with Gasteiger partial charge in [-0.15, -0.1) is 0 Å². The van der Waals surface area contributed by atoms with Gasteiger partial charge in [0.15, 0.2) is 0 Å². The maximum atomic E-state index is 10.4. The molecule has 52 heavy (non-hydrogen) atoms. The van der Waals surface area contributed by atoms with Crippen LogP contribution in [0.4, 0.5) is 0 Å². The van der Waals surface area contributed by atoms with E-state index in [1.54, 1.807) is 0 Å². The second-order valence-electron chi connectivity index (χ2n) is 11.0. The molecule has 10 aromatic carbocycles. The van der Waals surface area contributed by atoms with Gasteiger partial charge in [0.1, 0.15) is 0 Å². The molecule has 0 fully saturated rings. The molecule has 0 heteroatoms. The lowest BCUT2D eigenvalue weighted by molar-refractivity contribution is 1.58. The topological polar surface area (TPSA) is 0 Å². The average molecular weight is 693 g/mol. The first-order valence-electron chi connectivity index (χ1n) is 32.2. The van der Waals surface area contributed by atoms with Crippen LogP contribution in [-0.2, 0) is 0 Å². The van der Waals surface area contributed by atoms with E-state index in [-0.39, 0.29) is 0 Å². The summed E-state index contributed by atoms with van der Waals surface area (Å²) in [5.41, 5.74) is -10.3. The van der Waals surface area contributed by atoms with E-state index in [2.05, 4.69) is 0 Å². The average Bonchev–Trinajstić information content (AvgIpc) is 0.722. The van der Waals surface area contributed by atoms with Gasteiger partial charge in [0.05, 0.1) is 46.6 Å². The summed E-state index contributed by atoms with van der Waals surface area (Å²) in [6.45, 7) is 0. The van der Waals surface area contributed by atoms with Crippen LogP contribution in [0.15, 0.2) is 205 Å². The Morgan fingerprint density at radius 1 is 0.231 bits per heavy atom. The third-order valence-electron chi connectivity index (χ3n) is 8.06. The fourth-order valence-electron chi connectivity index (χ4n) is 5.84. The molecule has 0 aromatic heterocycles. The van der Waals surface area contributed by atoms with E-state index < -0.39 is 304 Å². The fraction of sp³-hybridized carbons (Fsp3) is 0. The monoisotopic (exact) mass is 692 g/mol. The number of hydrogen-bond donors (Lipinski definition) is 0. The summed E-state index contributed by atoms with van der Waals surface area (Å²) in [5.74, 6) is 0. The highest BCUT2D eigenvalue weighted by Crippen LogP contribution is 2.47. The lowest BCUT2D eigenvalue weighted by atomic mass is 9.82. The van der Waals surface area contributed by atoms with Crippen molar-refractivity contribution >= 4 is 43.1 Å². The van der Waals surface area contributed by atoms with Crippen LogP contribution in [0, 0.1) is 0 Å². The molecule has 0 aliphatic heterocycles. The molecule has 242 valence electrons. The molecule has 0 N–H and O–H groups in total. The molecular formula is C52H34. The molecular weight excluding hydrogens is 625 g/mol. The van der Waals surface area contributed by atoms with Crippen molar-refractivity contribution in [3.63, 3.8) is 0 Å². The number of benzene rings is 10. The van der Waals surface area contributed by atoms with Crippen LogP contribution in [0.3, 0.4) is 0 Å². The van der Waals surface area contributed by atoms with Crippen molar-refractivity contribution in [2.45, 2.75) is 0 Å². The first kappa shape index (κ1) is 11.4. The standard InChI is InChI=1S/C52H34/c1-3-14-35(15-4-1)42-31-43(36-16-5-2-6-17-36)33-44(32-42)51-47-23-11-12-24-48(47)52(46-25-13-21-38-19-9-10-22-45(38)46)49-29-28-41(34-50(49)51)40-27-26-37-18-7-8-20-39(37)30-40/h1-34H/i1D,2D,3D,4D,5D,6D,7D,8D,9D,10D,11D,12D,13D,14D,15D,16D,17D,18D,19D,20D,21D,22D,23D,24D,25D,26D,27D,28D,29D,30D,31D,32D,33D,34D. The zero-order valence-corrected chi connectivity index (χ0v) is 26.0. The van der Waals surface area contributed by atoms with Gasteiger partial charge in [-0.25, -0.2) is 0 Å². The summed E-state index contributed by atoms with van der Waals surface area (Å²) in [7, 11) is 0. The molecule has 0 unspecified atom stereocenters. The lowest BCUT2D eigenvalue weighted by Gasteiger charge is -2.21. The summed E-state index contributed by atoms with van der Waals surface area (Å²) < 4.78 is 311. The largest absolute Gasteiger partial charge is 0.0636 e. The second kappa shape index (κ2) is 12.5. The van der Waals surface area contributed by atoms with Gasteiger partial charge in [-0.2, -0.15) is 0 Å². The van der Waals surface area contributed by atoms with E-state index in [0.29, 0.717) is 0 Å². The van der Waals surface area contributed by atoms with Crippen molar-refractivity contribution in [3.8, 4) is 55.6 Å². The van der Waals surface area contributed by atoms with Crippen LogP contribution >= 0.6 is 0 Å². The molecule has 0 saturated carbocycles. The van der Waals surface area contributed by atoms with Crippen molar-refractivity contribution in [2.24, 2.45) is 0 Å². The fourth-order valence-corrected chi connectivity index (χ4v) is 5.84. The molecule has 0 aliphatic carbocycles. The Morgan fingerprint density at radius 2 is 0.731 bits per heavy atom. The smallest absolute Gasteiger partial charge is 0.0622 e. The molecule has 0 saturated heterocycles. The van der Waals surface area contributed by atoms with Gasteiger partial charge >= 0.3 is 0 Å². The Morgan fingerprint density at radius 3 is 1.44 bits per heavy atom. The number of fused-ring (bicyclic) bond motifs is 4. The van der Waals surface area contributed by atoms with Crippen LogP contribution < -0.4 is 0 Å². The van der Waals surface area contributed by atoms with Crippen LogP contribution in [0.25, 0.3) is 98.7 Å². The van der Waals surface area contributed by atoms with E-state index in [1.165, 1.54) is 0 Å². The summed E-state index contributed by atoms with van der Waals surface area (Å²) >= 11 is 0. The minimum absolute atomic E-state index is 0.679. The first-order chi connectivity index (χ1) is 40.0. The van der Waals surface area contributed by atoms with Crippen LogP contribution in [0.1, 0.15) is 46.6 Å². The quantitative estimate of drug-likeness (QED) is 0.158. The SMILES string of the molecule is [2H]c1c([2H])c([2H])c(-c2c([2H])c(-c3c([2H])c([2H])c([2H])c([2H])c3[2H])c([2H])c(-c3c4c([2H])c([2H])c([2H])c([2H])c4c(-c4c([2H])c([2H])c([2H])c5c([2H])c([2H])c([2H])c([2H])c45)c4c([2H])c([2H])c(-c5c([2H])c([2H])c6c([2H])c([2H])c([2H])c([2H])c6c5[2H])c([2H])c34)c2[2H])c([2H])c1[2H]. The zero-order chi connectivity index (χ0) is 64.0. The van der Waals surface area contributed by atoms with E-state index in [1.807, 2.05) is 0 Å². The highest BCUT2D eigenvalue weighted by atomic mass is 14.2. The highest BCUT2D eigenvalue weighted by molar-refractivity contribution is 6.24. The molecule has 0 atom stereocenters. The van der Waals surface area contributed by atoms with Gasteiger partial charge in [0.2, 0.25) is 0 Å². The van der Waals surface area contributed by atoms with E-state index >= 15 is 0 Å². The summed E-state index contributed by atoms with van der Waals surface area (Å²) in [4.78, 5) is 0. The van der Waals surface area contributed by atoms with Gasteiger partial charge in [-0.05, 0) is 129 Å². The van der Waals surface area contributed by atoms with Crippen molar-refractivity contribution in [2.75, 3.05) is 0 Å². The Bertz CT molecular complexity index is 4750. The van der Waals surface area contributed by atoms with Crippen LogP contribution in [0.2, 0.25) is 0 Å². The lowest BCUT2D eigenvalue weighted by Crippen LogP contribution is -1.93. The predicted molar refractivity (Wildman–Crippen MR) is 224 cm³/mol. The molecule has 10 rings (SSSR count). The van der Waals surface area contributed by atoms with E-state index in [9.17, 15) is 16.4 Å². The molecule has 0 aliphatic rings. The Hall–Kier alpha value is -6.76. The normalized spacial score (nSPS) is 20.6. The zero-order valence-electron chi connectivity index (χ0n) is 60.0. The Kier molecular flexibility index (Phi) is 2.74. The first-order valence-corrected chi connectivity index (χ1v) is 15.2. The third kappa shape index (κ3) is 5.16. The van der Waals surface area contributed by atoms with E-state index in [4.69, 9.17) is 30.2 Å². The highest BCUT2D eigenvalue weighted by Gasteiger charge is 2.20. The van der Waals surface area contributed by atoms with Crippen LogP contribution in [0.5, 0.6) is 0 Å². The minimum atomic E-state index is -1.30. The van der Waals surface area contributed by atoms with Gasteiger partial charge in [0, 0.05) is 0 Å². The third-order valence-corrected chi connectivity index (χ3v) is 8.06. The van der Waals surface area contributed by atoms with Gasteiger partial charge in [-0.1, -0.05) is 175 Å². The van der Waals surface area contributed by atoms with Gasteiger partial charge in [-0.3, -0.25) is 0 Å². The molecule has 0 radical (unpaired) electrons. The maximum absolute atomic E-state index is 10.4. The minimum Gasteiger partial charge on any atom is -0.0622 e. The molecule has 0 spiro atoms. The Balaban J connectivity index is 1.65. The summed E-state index contributed by atoms with van der Waals surface area (Å²) in [6.07, 6.45) is 0. The summed E-state index contributed by atoms with van der Waals surface area (Å²) in [6, 6.07) is -37.2. The van der Waals surface area contributed by atoms with Crippen molar-refractivity contribution in [1.29, 1.82) is 0 Å². The van der Waals surface area contributed by atoms with Crippen molar-refractivity contribution < 1.29 is 46.6 Å². The van der Waals surface area contributed by atoms with Gasteiger partial charge in [0.25, 0.3) is 0 Å². The molecule has 0 bridgehead atoms. The molecule has 0 amide bonds. The molecule has 10 aromatic rings. The predicted octanol–water partition coefficient (Wildman–Crippen LogP) is 14.6. The number of rotatable bonds is 5.